The zero-order valence-electron chi connectivity index (χ0n) is 17.1. The Balaban J connectivity index is 1.68. The number of ether oxygens (including phenoxy) is 1. The van der Waals surface area contributed by atoms with Crippen LogP contribution in [0.25, 0.3) is 17.2 Å². The number of pyridine rings is 1. The second-order valence-corrected chi connectivity index (χ2v) is 6.57. The van der Waals surface area contributed by atoms with E-state index >= 15 is 0 Å². The predicted molar refractivity (Wildman–Crippen MR) is 119 cm³/mol. The molecule has 30 heavy (non-hydrogen) atoms. The summed E-state index contributed by atoms with van der Waals surface area (Å²) < 4.78 is 4.98. The Morgan fingerprint density at radius 2 is 1.63 bits per heavy atom. The lowest BCUT2D eigenvalue weighted by Crippen LogP contribution is -2.21. The lowest BCUT2D eigenvalue weighted by Gasteiger charge is -2.20. The summed E-state index contributed by atoms with van der Waals surface area (Å²) in [6, 6.07) is 20.7. The number of rotatable bonds is 7. The van der Waals surface area contributed by atoms with Crippen LogP contribution in [0.3, 0.4) is 0 Å². The average Bonchev–Trinajstić information content (AvgIpc) is 2.80. The Bertz CT molecular complexity index is 1020. The van der Waals surface area contributed by atoms with Crippen molar-refractivity contribution in [2.24, 2.45) is 0 Å². The van der Waals surface area contributed by atoms with E-state index in [1.807, 2.05) is 54.6 Å². The summed E-state index contributed by atoms with van der Waals surface area (Å²) in [5, 5.41) is 0. The normalized spacial score (nSPS) is 10.7. The van der Waals surface area contributed by atoms with Crippen LogP contribution in [0.1, 0.15) is 29.9 Å². The molecule has 0 amide bonds. The number of hydrogen-bond donors (Lipinski definition) is 0. The number of aromatic nitrogens is 1. The topological polar surface area (TPSA) is 59.5 Å². The number of esters is 2. The molecule has 0 aliphatic rings. The molecular formula is C25H24N2O3. The molecule has 5 heteroatoms. The first-order valence-corrected chi connectivity index (χ1v) is 9.92. The molecule has 3 aromatic rings. The maximum Gasteiger partial charge on any atom is 0.365 e. The Morgan fingerprint density at radius 3 is 2.30 bits per heavy atom. The van der Waals surface area contributed by atoms with Crippen LogP contribution in [0.2, 0.25) is 0 Å². The first kappa shape index (κ1) is 21.0. The molecule has 1 aromatic heterocycles. The molecule has 0 atom stereocenters. The molecule has 0 N–H and O–H groups in total. The largest absolute Gasteiger partial charge is 0.385 e. The maximum absolute atomic E-state index is 12.5. The average molecular weight is 400 g/mol. The minimum Gasteiger partial charge on any atom is -0.385 e. The van der Waals surface area contributed by atoms with E-state index in [2.05, 4.69) is 23.7 Å². The molecule has 3 rings (SSSR count). The zero-order valence-corrected chi connectivity index (χ0v) is 17.1. The molecule has 0 saturated heterocycles. The van der Waals surface area contributed by atoms with Crippen LogP contribution in [-0.4, -0.2) is 30.0 Å². The fourth-order valence-electron chi connectivity index (χ4n) is 3.14. The van der Waals surface area contributed by atoms with E-state index in [-0.39, 0.29) is 5.69 Å². The van der Waals surface area contributed by atoms with Gasteiger partial charge < -0.3 is 9.64 Å². The number of hydrogen-bond acceptors (Lipinski definition) is 5. The molecule has 0 saturated carbocycles. The van der Waals surface area contributed by atoms with Crippen LogP contribution in [0.5, 0.6) is 0 Å². The molecule has 0 aliphatic carbocycles. The van der Waals surface area contributed by atoms with Gasteiger partial charge in [0.15, 0.2) is 5.69 Å². The fraction of sp³-hybridized carbons (Fsp3) is 0.160. The molecular weight excluding hydrogens is 376 g/mol. The summed E-state index contributed by atoms with van der Waals surface area (Å²) in [4.78, 5) is 31.0. The summed E-state index contributed by atoms with van der Waals surface area (Å²) >= 11 is 0. The first-order valence-electron chi connectivity index (χ1n) is 9.92. The van der Waals surface area contributed by atoms with Gasteiger partial charge in [0.2, 0.25) is 0 Å². The third-order valence-electron chi connectivity index (χ3n) is 4.71. The highest BCUT2D eigenvalue weighted by atomic mass is 16.6. The molecule has 5 nitrogen and oxygen atoms in total. The van der Waals surface area contributed by atoms with Gasteiger partial charge in [-0.2, -0.15) is 0 Å². The minimum atomic E-state index is -0.777. The molecule has 0 unspecified atom stereocenters. The van der Waals surface area contributed by atoms with Crippen LogP contribution < -0.4 is 4.90 Å². The highest BCUT2D eigenvalue weighted by Gasteiger charge is 2.17. The number of carbonyl (C=O) groups is 2. The monoisotopic (exact) mass is 400 g/mol. The molecule has 0 aliphatic heterocycles. The van der Waals surface area contributed by atoms with Crippen molar-refractivity contribution in [3.05, 3.63) is 90.3 Å². The van der Waals surface area contributed by atoms with Gasteiger partial charge >= 0.3 is 11.9 Å². The van der Waals surface area contributed by atoms with Crippen molar-refractivity contribution in [2.75, 3.05) is 18.0 Å². The van der Waals surface area contributed by atoms with Crippen LogP contribution in [0.15, 0.2) is 79.0 Å². The van der Waals surface area contributed by atoms with Gasteiger partial charge in [-0.15, -0.1) is 0 Å². The van der Waals surface area contributed by atoms with E-state index in [0.717, 1.165) is 29.9 Å². The van der Waals surface area contributed by atoms with Crippen molar-refractivity contribution in [3.63, 3.8) is 0 Å². The number of nitrogens with zero attached hydrogens (tertiary/aromatic N) is 2. The molecule has 1 heterocycles. The maximum atomic E-state index is 12.5. The van der Waals surface area contributed by atoms with Gasteiger partial charge in [0.1, 0.15) is 0 Å². The zero-order chi connectivity index (χ0) is 21.3. The van der Waals surface area contributed by atoms with Gasteiger partial charge in [-0.05, 0) is 49.2 Å². The van der Waals surface area contributed by atoms with Crippen molar-refractivity contribution in [3.8, 4) is 11.1 Å². The smallest absolute Gasteiger partial charge is 0.365 e. The van der Waals surface area contributed by atoms with Gasteiger partial charge in [-0.3, -0.25) is 0 Å². The van der Waals surface area contributed by atoms with E-state index in [4.69, 9.17) is 4.74 Å². The molecule has 0 bridgehead atoms. The van der Waals surface area contributed by atoms with E-state index in [1.165, 1.54) is 12.3 Å². The Hall–Kier alpha value is -3.73. The summed E-state index contributed by atoms with van der Waals surface area (Å²) in [6.07, 6.45) is 4.37. The van der Waals surface area contributed by atoms with E-state index in [9.17, 15) is 9.59 Å². The second-order valence-electron chi connectivity index (χ2n) is 6.57. The van der Waals surface area contributed by atoms with Crippen LogP contribution in [0, 0.1) is 0 Å². The van der Waals surface area contributed by atoms with Gasteiger partial charge in [0.25, 0.3) is 0 Å². The van der Waals surface area contributed by atoms with Crippen molar-refractivity contribution < 1.29 is 14.3 Å². The van der Waals surface area contributed by atoms with E-state index in [1.54, 1.807) is 18.2 Å². The van der Waals surface area contributed by atoms with Crippen molar-refractivity contribution in [2.45, 2.75) is 13.8 Å². The van der Waals surface area contributed by atoms with Gasteiger partial charge in [-0.1, -0.05) is 48.5 Å². The quantitative estimate of drug-likeness (QED) is 0.318. The van der Waals surface area contributed by atoms with E-state index in [0.29, 0.717) is 5.56 Å². The molecule has 0 fully saturated rings. The fourth-order valence-corrected chi connectivity index (χ4v) is 3.14. The SMILES string of the molecule is CCN(CC)c1ccc(/C=C/C(=O)OC(=O)c2ncccc2-c2ccccc2)cc1. The van der Waals surface area contributed by atoms with Crippen LogP contribution >= 0.6 is 0 Å². The van der Waals surface area contributed by atoms with Gasteiger partial charge in [0, 0.05) is 36.6 Å². The highest BCUT2D eigenvalue weighted by molar-refractivity contribution is 6.03. The molecule has 2 aromatic carbocycles. The van der Waals surface area contributed by atoms with Crippen LogP contribution in [0.4, 0.5) is 5.69 Å². The number of carbonyl (C=O) groups excluding carboxylic acids is 2. The van der Waals surface area contributed by atoms with Crippen molar-refractivity contribution in [1.82, 2.24) is 4.98 Å². The summed E-state index contributed by atoms with van der Waals surface area (Å²) in [7, 11) is 0. The molecule has 0 spiro atoms. The van der Waals surface area contributed by atoms with Gasteiger partial charge in [-0.25, -0.2) is 14.6 Å². The standard InChI is InChI=1S/C25H24N2O3/c1-3-27(4-2)21-15-12-19(13-16-21)14-17-23(28)30-25(29)24-22(11-8-18-26-24)20-9-6-5-7-10-20/h5-18H,3-4H2,1-2H3/b17-14+. The Morgan fingerprint density at radius 1 is 0.933 bits per heavy atom. The second kappa shape index (κ2) is 10.2. The van der Waals surface area contributed by atoms with Gasteiger partial charge in [0.05, 0.1) is 0 Å². The number of benzene rings is 2. The summed E-state index contributed by atoms with van der Waals surface area (Å²) in [6.45, 7) is 6.07. The lowest BCUT2D eigenvalue weighted by molar-refractivity contribution is -0.132. The van der Waals surface area contributed by atoms with Crippen molar-refractivity contribution in [1.29, 1.82) is 0 Å². The van der Waals surface area contributed by atoms with Crippen molar-refractivity contribution >= 4 is 23.7 Å². The summed E-state index contributed by atoms with van der Waals surface area (Å²) in [5.74, 6) is -1.52. The van der Waals surface area contributed by atoms with Crippen LogP contribution in [-0.2, 0) is 9.53 Å². The molecule has 0 radical (unpaired) electrons. The summed E-state index contributed by atoms with van der Waals surface area (Å²) in [5.41, 5.74) is 3.52. The third-order valence-corrected chi connectivity index (χ3v) is 4.71. The highest BCUT2D eigenvalue weighted by Crippen LogP contribution is 2.22. The Labute approximate surface area is 176 Å². The lowest BCUT2D eigenvalue weighted by atomic mass is 10.0. The third kappa shape index (κ3) is 5.20. The number of anilines is 1. The first-order chi connectivity index (χ1) is 14.6. The molecule has 152 valence electrons. The Kier molecular flexibility index (Phi) is 7.11. The minimum absolute atomic E-state index is 0.106. The van der Waals surface area contributed by atoms with E-state index < -0.39 is 11.9 Å². The predicted octanol–water partition coefficient (Wildman–Crippen LogP) is 4.99.